The van der Waals surface area contributed by atoms with E-state index in [1.54, 1.807) is 0 Å². The Hall–Kier alpha value is -0.800. The molecular formula is C28H53FN6O. The average Bonchev–Trinajstić information content (AvgIpc) is 3.29. The van der Waals surface area contributed by atoms with Crippen LogP contribution in [0.5, 0.6) is 0 Å². The second-order valence-corrected chi connectivity index (χ2v) is 12.7. The highest BCUT2D eigenvalue weighted by Crippen LogP contribution is 2.40. The topological polar surface area (TPSA) is 76.9 Å². The van der Waals surface area contributed by atoms with E-state index in [0.29, 0.717) is 43.4 Å². The molecule has 4 N–H and O–H groups in total. The van der Waals surface area contributed by atoms with Crippen LogP contribution in [-0.2, 0) is 4.79 Å². The van der Waals surface area contributed by atoms with Crippen LogP contribution in [0.25, 0.3) is 0 Å². The van der Waals surface area contributed by atoms with E-state index >= 15 is 0 Å². The number of nitrogens with two attached hydrogens (primary N) is 1. The van der Waals surface area contributed by atoms with E-state index in [2.05, 4.69) is 41.5 Å². The van der Waals surface area contributed by atoms with E-state index in [1.807, 2.05) is 11.9 Å². The summed E-state index contributed by atoms with van der Waals surface area (Å²) in [4.78, 5) is 18.2. The molecule has 36 heavy (non-hydrogen) atoms. The fourth-order valence-corrected chi connectivity index (χ4v) is 7.75. The molecule has 0 spiro atoms. The Kier molecular flexibility index (Phi) is 10.1. The molecule has 2 heterocycles. The Bertz CT molecular complexity index is 710. The maximum Gasteiger partial charge on any atom is 0.225 e. The lowest BCUT2D eigenvalue weighted by atomic mass is 9.71. The van der Waals surface area contributed by atoms with Gasteiger partial charge in [0.05, 0.1) is 6.17 Å². The van der Waals surface area contributed by atoms with Gasteiger partial charge in [-0.3, -0.25) is 15.5 Å². The van der Waals surface area contributed by atoms with Crippen LogP contribution in [0.4, 0.5) is 4.39 Å². The van der Waals surface area contributed by atoms with Gasteiger partial charge in [0.1, 0.15) is 6.17 Å². The van der Waals surface area contributed by atoms with Crippen molar-refractivity contribution >= 4 is 5.91 Å². The molecule has 8 unspecified atom stereocenters. The predicted octanol–water partition coefficient (Wildman–Crippen LogP) is 2.82. The van der Waals surface area contributed by atoms with Crippen molar-refractivity contribution < 1.29 is 9.18 Å². The molecule has 4 fully saturated rings. The number of carbonyl (C=O) groups excluding carboxylic acids is 1. The van der Waals surface area contributed by atoms with Gasteiger partial charge in [-0.15, -0.1) is 0 Å². The summed E-state index contributed by atoms with van der Waals surface area (Å²) in [5.74, 6) is 1.77. The lowest BCUT2D eigenvalue weighted by Gasteiger charge is -2.47. The lowest BCUT2D eigenvalue weighted by Crippen LogP contribution is -2.62. The number of likely N-dealkylation sites (N-methyl/N-ethyl adjacent to an activating group) is 1. The minimum absolute atomic E-state index is 0.000474. The summed E-state index contributed by atoms with van der Waals surface area (Å²) in [7, 11) is 4.10. The number of alkyl halides is 1. The smallest absolute Gasteiger partial charge is 0.225 e. The molecule has 0 aromatic heterocycles. The number of hydrogen-bond acceptors (Lipinski definition) is 6. The largest absolute Gasteiger partial charge is 0.345 e. The molecule has 0 aromatic carbocycles. The Morgan fingerprint density at radius 3 is 2.58 bits per heavy atom. The van der Waals surface area contributed by atoms with Gasteiger partial charge < -0.3 is 15.5 Å². The van der Waals surface area contributed by atoms with Crippen LogP contribution < -0.4 is 16.5 Å². The Morgan fingerprint density at radius 1 is 1.08 bits per heavy atom. The number of halogens is 1. The fraction of sp³-hybridized carbons (Fsp3) is 0.964. The fourth-order valence-electron chi connectivity index (χ4n) is 7.75. The number of piperidine rings is 1. The summed E-state index contributed by atoms with van der Waals surface area (Å²) in [6.07, 6.45) is 8.97. The Labute approximate surface area is 219 Å². The summed E-state index contributed by atoms with van der Waals surface area (Å²) >= 11 is 0. The predicted molar refractivity (Wildman–Crippen MR) is 144 cm³/mol. The molecule has 7 nitrogen and oxygen atoms in total. The first-order valence-corrected chi connectivity index (χ1v) is 14.8. The summed E-state index contributed by atoms with van der Waals surface area (Å²) in [6, 6.07) is 0.708. The molecule has 0 radical (unpaired) electrons. The molecule has 0 bridgehead atoms. The maximum atomic E-state index is 14.6. The highest BCUT2D eigenvalue weighted by atomic mass is 19.1. The first kappa shape index (κ1) is 28.2. The number of nitrogens with zero attached hydrogens (tertiary/aromatic N) is 3. The Morgan fingerprint density at radius 2 is 1.86 bits per heavy atom. The van der Waals surface area contributed by atoms with Crippen molar-refractivity contribution in [2.75, 3.05) is 46.8 Å². The zero-order chi connectivity index (χ0) is 25.8. The van der Waals surface area contributed by atoms with Crippen LogP contribution in [0, 0.1) is 29.6 Å². The van der Waals surface area contributed by atoms with E-state index < -0.39 is 6.17 Å². The molecule has 2 aliphatic heterocycles. The minimum atomic E-state index is -0.760. The zero-order valence-electron chi connectivity index (χ0n) is 23.3. The van der Waals surface area contributed by atoms with Crippen LogP contribution in [0.3, 0.4) is 0 Å². The second kappa shape index (κ2) is 12.8. The van der Waals surface area contributed by atoms with E-state index in [0.717, 1.165) is 45.3 Å². The van der Waals surface area contributed by atoms with E-state index in [1.165, 1.54) is 25.7 Å². The van der Waals surface area contributed by atoms with Crippen molar-refractivity contribution in [1.29, 1.82) is 0 Å². The number of amides is 1. The maximum absolute atomic E-state index is 14.6. The number of carbonyl (C=O) groups is 1. The van der Waals surface area contributed by atoms with Gasteiger partial charge in [-0.2, -0.15) is 0 Å². The molecule has 208 valence electrons. The van der Waals surface area contributed by atoms with Gasteiger partial charge in [-0.05, 0) is 71.3 Å². The molecule has 2 aliphatic carbocycles. The summed E-state index contributed by atoms with van der Waals surface area (Å²) < 4.78 is 14.6. The van der Waals surface area contributed by atoms with Gasteiger partial charge in [0.2, 0.25) is 5.91 Å². The molecule has 0 aromatic rings. The highest BCUT2D eigenvalue weighted by molar-refractivity contribution is 5.79. The lowest BCUT2D eigenvalue weighted by molar-refractivity contribution is -0.140. The van der Waals surface area contributed by atoms with Crippen LogP contribution >= 0.6 is 0 Å². The summed E-state index contributed by atoms with van der Waals surface area (Å²) in [5.41, 5.74) is 9.39. The third kappa shape index (κ3) is 6.60. The SMILES string of the molecule is CC(C)N1NCC2C(C(=O)N(C)CC3CCCCC3F)CC(C3CCCC(CN(C)CCN)C3)NC21. The number of hydrogen-bond donors (Lipinski definition) is 3. The van der Waals surface area contributed by atoms with Crippen LogP contribution in [-0.4, -0.2) is 92.0 Å². The minimum Gasteiger partial charge on any atom is -0.345 e. The van der Waals surface area contributed by atoms with E-state index in [-0.39, 0.29) is 29.8 Å². The van der Waals surface area contributed by atoms with Gasteiger partial charge in [0, 0.05) is 69.6 Å². The van der Waals surface area contributed by atoms with Crippen molar-refractivity contribution in [2.45, 2.75) is 96.1 Å². The quantitative estimate of drug-likeness (QED) is 0.445. The molecule has 4 aliphatic rings. The number of hydrazine groups is 1. The van der Waals surface area contributed by atoms with Crippen LogP contribution in [0.15, 0.2) is 0 Å². The molecule has 2 saturated carbocycles. The van der Waals surface area contributed by atoms with Crippen LogP contribution in [0.1, 0.15) is 71.6 Å². The van der Waals surface area contributed by atoms with Crippen LogP contribution in [0.2, 0.25) is 0 Å². The highest BCUT2D eigenvalue weighted by Gasteiger charge is 2.50. The molecule has 8 atom stereocenters. The number of rotatable bonds is 9. The average molecular weight is 509 g/mol. The molecule has 4 rings (SSSR count). The monoisotopic (exact) mass is 508 g/mol. The first-order chi connectivity index (χ1) is 17.3. The normalized spacial score (nSPS) is 37.9. The summed E-state index contributed by atoms with van der Waals surface area (Å²) in [5, 5.41) is 6.37. The van der Waals surface area contributed by atoms with Crippen molar-refractivity contribution in [1.82, 2.24) is 25.6 Å². The van der Waals surface area contributed by atoms with E-state index in [9.17, 15) is 9.18 Å². The molecule has 2 saturated heterocycles. The number of nitrogens with one attached hydrogen (secondary N) is 2. The molecule has 8 heteroatoms. The van der Waals surface area contributed by atoms with Gasteiger partial charge in [0.15, 0.2) is 0 Å². The molecule has 1 amide bonds. The zero-order valence-corrected chi connectivity index (χ0v) is 23.3. The third-order valence-corrected chi connectivity index (χ3v) is 9.67. The standard InChI is InChI=1S/C28H53FN6O/c1-19(2)35-27-24(16-31-35)23(28(36)34(4)18-22-9-5-6-11-25(22)29)15-26(32-27)21-10-7-8-20(14-21)17-33(3)13-12-30/h19-27,31-32H,5-18,30H2,1-4H3. The van der Waals surface area contributed by atoms with Gasteiger partial charge >= 0.3 is 0 Å². The van der Waals surface area contributed by atoms with Crippen molar-refractivity contribution in [3.63, 3.8) is 0 Å². The van der Waals surface area contributed by atoms with Gasteiger partial charge in [-0.1, -0.05) is 19.3 Å². The van der Waals surface area contributed by atoms with Gasteiger partial charge in [0.25, 0.3) is 0 Å². The van der Waals surface area contributed by atoms with Gasteiger partial charge in [-0.25, -0.2) is 9.40 Å². The van der Waals surface area contributed by atoms with E-state index in [4.69, 9.17) is 5.73 Å². The first-order valence-electron chi connectivity index (χ1n) is 14.8. The Balaban J connectivity index is 1.46. The molecular weight excluding hydrogens is 455 g/mol. The van der Waals surface area contributed by atoms with Crippen molar-refractivity contribution in [3.8, 4) is 0 Å². The second-order valence-electron chi connectivity index (χ2n) is 12.7. The summed E-state index contributed by atoms with van der Waals surface area (Å²) in [6.45, 7) is 8.61. The van der Waals surface area contributed by atoms with Crippen molar-refractivity contribution in [2.24, 2.45) is 35.3 Å². The number of fused-ring (bicyclic) bond motifs is 1. The van der Waals surface area contributed by atoms with Crippen molar-refractivity contribution in [3.05, 3.63) is 0 Å². The third-order valence-electron chi connectivity index (χ3n) is 9.67.